The Labute approximate surface area is 180 Å². The van der Waals surface area contributed by atoms with E-state index < -0.39 is 29.4 Å². The van der Waals surface area contributed by atoms with Crippen LogP contribution in [0.2, 0.25) is 5.02 Å². The molecule has 0 unspecified atom stereocenters. The normalized spacial score (nSPS) is 14.9. The minimum Gasteiger partial charge on any atom is -0.493 e. The maximum Gasteiger partial charge on any atom is 0.294 e. The van der Waals surface area contributed by atoms with E-state index in [9.17, 15) is 18.8 Å². The van der Waals surface area contributed by atoms with Crippen molar-refractivity contribution in [2.75, 3.05) is 26.1 Å². The lowest BCUT2D eigenvalue weighted by Crippen LogP contribution is -2.36. The number of thioether (sulfide) groups is 1. The first-order valence-corrected chi connectivity index (χ1v) is 9.74. The van der Waals surface area contributed by atoms with Crippen molar-refractivity contribution in [3.63, 3.8) is 0 Å². The van der Waals surface area contributed by atoms with E-state index in [4.69, 9.17) is 21.1 Å². The Morgan fingerprint density at radius 3 is 2.57 bits per heavy atom. The van der Waals surface area contributed by atoms with Crippen LogP contribution < -0.4 is 14.8 Å². The van der Waals surface area contributed by atoms with Crippen LogP contribution in [0.5, 0.6) is 11.5 Å². The van der Waals surface area contributed by atoms with Crippen molar-refractivity contribution in [3.05, 3.63) is 57.7 Å². The standard InChI is InChI=1S/C20H16ClFN2O5S/c1-28-15-6-11(14(21)9-16(15)29-2)7-17-19(26)24(20(27)30-17)10-18(25)23-13-5-3-4-12(22)8-13/h3-9H,10H2,1-2H3,(H,23,25)/b17-7+. The Hall–Kier alpha value is -3.04. The van der Waals surface area contributed by atoms with Crippen LogP contribution in [0.25, 0.3) is 6.08 Å². The molecule has 10 heteroatoms. The van der Waals surface area contributed by atoms with Gasteiger partial charge < -0.3 is 14.8 Å². The zero-order chi connectivity index (χ0) is 21.8. The number of carbonyl (C=O) groups excluding carboxylic acids is 3. The number of anilines is 1. The van der Waals surface area contributed by atoms with Gasteiger partial charge in [0.25, 0.3) is 11.1 Å². The molecule has 0 bridgehead atoms. The van der Waals surface area contributed by atoms with Gasteiger partial charge in [-0.25, -0.2) is 4.39 Å². The second kappa shape index (κ2) is 9.19. The van der Waals surface area contributed by atoms with E-state index in [2.05, 4.69) is 5.32 Å². The third-order valence-corrected chi connectivity index (χ3v) is 5.31. The van der Waals surface area contributed by atoms with E-state index in [0.717, 1.165) is 11.0 Å². The molecule has 0 atom stereocenters. The topological polar surface area (TPSA) is 84.9 Å². The number of hydrogen-bond acceptors (Lipinski definition) is 6. The molecule has 1 heterocycles. The molecule has 1 fully saturated rings. The molecule has 1 N–H and O–H groups in total. The summed E-state index contributed by atoms with van der Waals surface area (Å²) in [7, 11) is 2.93. The zero-order valence-electron chi connectivity index (χ0n) is 15.9. The second-order valence-corrected chi connectivity index (χ2v) is 7.46. The maximum atomic E-state index is 13.2. The van der Waals surface area contributed by atoms with Crippen LogP contribution in [-0.4, -0.2) is 42.7 Å². The lowest BCUT2D eigenvalue weighted by atomic mass is 10.1. The lowest BCUT2D eigenvalue weighted by molar-refractivity contribution is -0.127. The number of nitrogens with one attached hydrogen (secondary N) is 1. The molecule has 2 aromatic carbocycles. The summed E-state index contributed by atoms with van der Waals surface area (Å²) < 4.78 is 23.6. The molecule has 30 heavy (non-hydrogen) atoms. The fraction of sp³-hybridized carbons (Fsp3) is 0.150. The van der Waals surface area contributed by atoms with Gasteiger partial charge >= 0.3 is 0 Å². The third kappa shape index (κ3) is 4.74. The van der Waals surface area contributed by atoms with Gasteiger partial charge in [-0.1, -0.05) is 17.7 Å². The average Bonchev–Trinajstić information content (AvgIpc) is 2.96. The van der Waals surface area contributed by atoms with E-state index in [0.29, 0.717) is 33.8 Å². The van der Waals surface area contributed by atoms with Crippen molar-refractivity contribution in [2.24, 2.45) is 0 Å². The van der Waals surface area contributed by atoms with Crippen LogP contribution in [0.4, 0.5) is 14.9 Å². The third-order valence-electron chi connectivity index (χ3n) is 4.07. The molecule has 1 aliphatic heterocycles. The molecule has 2 aromatic rings. The van der Waals surface area contributed by atoms with Crippen LogP contribution in [0.3, 0.4) is 0 Å². The smallest absolute Gasteiger partial charge is 0.294 e. The number of amides is 3. The summed E-state index contributed by atoms with van der Waals surface area (Å²) >= 11 is 6.92. The van der Waals surface area contributed by atoms with E-state index in [-0.39, 0.29) is 10.6 Å². The molecule has 3 rings (SSSR count). The predicted molar refractivity (Wildman–Crippen MR) is 112 cm³/mol. The molecule has 0 saturated carbocycles. The highest BCUT2D eigenvalue weighted by Gasteiger charge is 2.36. The first kappa shape index (κ1) is 21.7. The second-order valence-electron chi connectivity index (χ2n) is 6.06. The zero-order valence-corrected chi connectivity index (χ0v) is 17.5. The molecule has 3 amide bonds. The van der Waals surface area contributed by atoms with Gasteiger partial charge in [-0.3, -0.25) is 19.3 Å². The van der Waals surface area contributed by atoms with Crippen molar-refractivity contribution in [2.45, 2.75) is 0 Å². The van der Waals surface area contributed by atoms with Gasteiger partial charge in [-0.05, 0) is 47.7 Å². The number of ether oxygens (including phenoxy) is 2. The largest absolute Gasteiger partial charge is 0.493 e. The number of methoxy groups -OCH3 is 2. The number of nitrogens with zero attached hydrogens (tertiary/aromatic N) is 1. The minimum absolute atomic E-state index is 0.104. The molecule has 0 aliphatic carbocycles. The van der Waals surface area contributed by atoms with Gasteiger partial charge in [0.05, 0.1) is 24.1 Å². The summed E-state index contributed by atoms with van der Waals surface area (Å²) in [5.41, 5.74) is 0.670. The highest BCUT2D eigenvalue weighted by molar-refractivity contribution is 8.18. The average molecular weight is 451 g/mol. The molecular weight excluding hydrogens is 435 g/mol. The number of benzene rings is 2. The molecule has 1 aliphatic rings. The van der Waals surface area contributed by atoms with Crippen molar-refractivity contribution in [1.82, 2.24) is 4.90 Å². The first-order chi connectivity index (χ1) is 14.3. The Kier molecular flexibility index (Phi) is 6.63. The molecule has 7 nitrogen and oxygen atoms in total. The minimum atomic E-state index is -0.634. The fourth-order valence-electron chi connectivity index (χ4n) is 2.67. The van der Waals surface area contributed by atoms with Crippen LogP contribution in [0, 0.1) is 5.82 Å². The van der Waals surface area contributed by atoms with Crippen molar-refractivity contribution >= 4 is 52.2 Å². The maximum absolute atomic E-state index is 13.2. The summed E-state index contributed by atoms with van der Waals surface area (Å²) in [6.45, 7) is -0.502. The van der Waals surface area contributed by atoms with Gasteiger partial charge in [-0.2, -0.15) is 0 Å². The lowest BCUT2D eigenvalue weighted by Gasteiger charge is -2.12. The van der Waals surface area contributed by atoms with Gasteiger partial charge in [0.2, 0.25) is 5.91 Å². The monoisotopic (exact) mass is 450 g/mol. The Morgan fingerprint density at radius 2 is 1.90 bits per heavy atom. The predicted octanol–water partition coefficient (Wildman–Crippen LogP) is 4.17. The van der Waals surface area contributed by atoms with E-state index in [1.165, 1.54) is 44.6 Å². The van der Waals surface area contributed by atoms with Gasteiger partial charge in [0, 0.05) is 11.8 Å². The van der Waals surface area contributed by atoms with Gasteiger partial charge in [0.1, 0.15) is 12.4 Å². The first-order valence-electron chi connectivity index (χ1n) is 8.54. The summed E-state index contributed by atoms with van der Waals surface area (Å²) in [6.07, 6.45) is 1.44. The van der Waals surface area contributed by atoms with Crippen molar-refractivity contribution in [3.8, 4) is 11.5 Å². The van der Waals surface area contributed by atoms with Crippen molar-refractivity contribution < 1.29 is 28.2 Å². The molecule has 0 spiro atoms. The fourth-order valence-corrected chi connectivity index (χ4v) is 3.71. The van der Waals surface area contributed by atoms with Gasteiger partial charge in [-0.15, -0.1) is 0 Å². The van der Waals surface area contributed by atoms with Crippen LogP contribution >= 0.6 is 23.4 Å². The SMILES string of the molecule is COc1cc(Cl)c(/C=C2/SC(=O)N(CC(=O)Nc3cccc(F)c3)C2=O)cc1OC. The van der Waals surface area contributed by atoms with Crippen LogP contribution in [-0.2, 0) is 9.59 Å². The van der Waals surface area contributed by atoms with Crippen molar-refractivity contribution in [1.29, 1.82) is 0 Å². The summed E-state index contributed by atoms with van der Waals surface area (Å²) in [5.74, 6) is -0.962. The summed E-state index contributed by atoms with van der Waals surface area (Å²) in [4.78, 5) is 38.0. The quantitative estimate of drug-likeness (QED) is 0.665. The molecule has 1 saturated heterocycles. The molecular formula is C20H16ClFN2O5S. The van der Waals surface area contributed by atoms with E-state index >= 15 is 0 Å². The number of imide groups is 1. The number of halogens is 2. The van der Waals surface area contributed by atoms with Crippen LogP contribution in [0.15, 0.2) is 41.3 Å². The Bertz CT molecular complexity index is 1060. The highest BCUT2D eigenvalue weighted by atomic mass is 35.5. The van der Waals surface area contributed by atoms with E-state index in [1.807, 2.05) is 0 Å². The summed E-state index contributed by atoms with van der Waals surface area (Å²) in [5, 5.41) is 2.14. The Morgan fingerprint density at radius 1 is 1.20 bits per heavy atom. The highest BCUT2D eigenvalue weighted by Crippen LogP contribution is 2.37. The van der Waals surface area contributed by atoms with Gasteiger partial charge in [0.15, 0.2) is 11.5 Å². The molecule has 0 radical (unpaired) electrons. The molecule has 0 aromatic heterocycles. The Balaban J connectivity index is 1.77. The number of rotatable bonds is 6. The van der Waals surface area contributed by atoms with Crippen LogP contribution in [0.1, 0.15) is 5.56 Å². The number of carbonyl (C=O) groups is 3. The van der Waals surface area contributed by atoms with E-state index in [1.54, 1.807) is 6.07 Å². The summed E-state index contributed by atoms with van der Waals surface area (Å²) in [6, 6.07) is 8.39. The molecule has 156 valence electrons. The number of hydrogen-bond donors (Lipinski definition) is 1.